The molecule has 1 N–H and O–H groups in total. The van der Waals surface area contributed by atoms with E-state index in [4.69, 9.17) is 16.3 Å². The minimum Gasteiger partial charge on any atom is -0.495 e. The predicted octanol–water partition coefficient (Wildman–Crippen LogP) is 4.27. The molecular formula is C13H9ClN2O2S2. The fourth-order valence-corrected chi connectivity index (χ4v) is 3.43. The predicted molar refractivity (Wildman–Crippen MR) is 83.5 cm³/mol. The summed E-state index contributed by atoms with van der Waals surface area (Å²) in [6.07, 6.45) is 0. The van der Waals surface area contributed by atoms with Crippen LogP contribution in [0.1, 0.15) is 9.67 Å². The number of rotatable bonds is 3. The van der Waals surface area contributed by atoms with Crippen LogP contribution >= 0.6 is 34.3 Å². The van der Waals surface area contributed by atoms with Crippen LogP contribution in [0, 0.1) is 0 Å². The molecular weight excluding hydrogens is 316 g/mol. The molecule has 7 heteroatoms. The monoisotopic (exact) mass is 324 g/mol. The molecule has 3 aromatic rings. The second-order valence-corrected chi connectivity index (χ2v) is 6.29. The van der Waals surface area contributed by atoms with E-state index in [-0.39, 0.29) is 5.91 Å². The van der Waals surface area contributed by atoms with Crippen molar-refractivity contribution in [2.45, 2.75) is 0 Å². The number of aromatic nitrogens is 1. The van der Waals surface area contributed by atoms with Gasteiger partial charge in [0.05, 0.1) is 27.2 Å². The van der Waals surface area contributed by atoms with Crippen molar-refractivity contribution in [3.63, 3.8) is 0 Å². The number of nitrogens with one attached hydrogen (secondary N) is 1. The lowest BCUT2D eigenvalue weighted by Gasteiger charge is -2.00. The number of hydrogen-bond acceptors (Lipinski definition) is 5. The Morgan fingerprint density at radius 3 is 3.00 bits per heavy atom. The first-order chi connectivity index (χ1) is 9.67. The maximum atomic E-state index is 12.0. The molecule has 0 aliphatic rings. The minimum atomic E-state index is -0.155. The van der Waals surface area contributed by atoms with Gasteiger partial charge in [-0.3, -0.25) is 10.1 Å². The highest BCUT2D eigenvalue weighted by Gasteiger charge is 2.12. The summed E-state index contributed by atoms with van der Waals surface area (Å²) < 4.78 is 6.07. The number of nitrogens with zero attached hydrogens (tertiary/aromatic N) is 1. The van der Waals surface area contributed by atoms with Gasteiger partial charge in [0.25, 0.3) is 5.91 Å². The van der Waals surface area contributed by atoms with Gasteiger partial charge in [-0.1, -0.05) is 29.0 Å². The van der Waals surface area contributed by atoms with Gasteiger partial charge in [-0.05, 0) is 17.5 Å². The molecule has 1 amide bonds. The Kier molecular flexibility index (Phi) is 3.60. The number of ether oxygens (including phenoxy) is 1. The van der Waals surface area contributed by atoms with Gasteiger partial charge in [-0.15, -0.1) is 11.3 Å². The van der Waals surface area contributed by atoms with Gasteiger partial charge in [-0.25, -0.2) is 4.98 Å². The number of anilines is 1. The van der Waals surface area contributed by atoms with Crippen molar-refractivity contribution in [3.05, 3.63) is 39.5 Å². The summed E-state index contributed by atoms with van der Waals surface area (Å²) in [4.78, 5) is 17.0. The first-order valence-corrected chi connectivity index (χ1v) is 7.73. The summed E-state index contributed by atoms with van der Waals surface area (Å²) in [5.74, 6) is 0.441. The van der Waals surface area contributed by atoms with E-state index in [1.54, 1.807) is 19.2 Å². The van der Waals surface area contributed by atoms with Crippen LogP contribution in [-0.2, 0) is 0 Å². The van der Waals surface area contributed by atoms with Crippen LogP contribution in [0.15, 0.2) is 29.6 Å². The molecule has 3 rings (SSSR count). The molecule has 0 atom stereocenters. The van der Waals surface area contributed by atoms with E-state index in [9.17, 15) is 4.79 Å². The Morgan fingerprint density at radius 2 is 2.30 bits per heavy atom. The quantitative estimate of drug-likeness (QED) is 0.782. The van der Waals surface area contributed by atoms with Crippen LogP contribution in [0.5, 0.6) is 5.75 Å². The van der Waals surface area contributed by atoms with E-state index >= 15 is 0 Å². The zero-order valence-corrected chi connectivity index (χ0v) is 12.7. The average Bonchev–Trinajstić information content (AvgIpc) is 3.05. The van der Waals surface area contributed by atoms with Gasteiger partial charge < -0.3 is 4.74 Å². The number of carbonyl (C=O) groups excluding carboxylic acids is 1. The first kappa shape index (κ1) is 13.4. The Balaban J connectivity index is 1.91. The molecule has 2 aromatic heterocycles. The Bertz CT molecular complexity index is 768. The van der Waals surface area contributed by atoms with Crippen molar-refractivity contribution in [2.24, 2.45) is 0 Å². The number of methoxy groups -OCH3 is 1. The molecule has 0 saturated heterocycles. The van der Waals surface area contributed by atoms with Gasteiger partial charge in [0.15, 0.2) is 5.13 Å². The van der Waals surface area contributed by atoms with Crippen molar-refractivity contribution >= 4 is 55.5 Å². The summed E-state index contributed by atoms with van der Waals surface area (Å²) in [5.41, 5.74) is 0.738. The zero-order valence-electron chi connectivity index (χ0n) is 10.3. The van der Waals surface area contributed by atoms with Crippen LogP contribution in [-0.4, -0.2) is 18.0 Å². The van der Waals surface area contributed by atoms with Crippen LogP contribution in [0.25, 0.3) is 10.2 Å². The zero-order chi connectivity index (χ0) is 14.1. The first-order valence-electron chi connectivity index (χ1n) is 5.66. The highest BCUT2D eigenvalue weighted by Crippen LogP contribution is 2.34. The third-order valence-corrected chi connectivity index (χ3v) is 4.73. The highest BCUT2D eigenvalue weighted by molar-refractivity contribution is 7.22. The molecule has 0 unspecified atom stereocenters. The van der Waals surface area contributed by atoms with Crippen LogP contribution in [0.2, 0.25) is 5.02 Å². The number of hydrogen-bond donors (Lipinski definition) is 1. The van der Waals surface area contributed by atoms with Gasteiger partial charge >= 0.3 is 0 Å². The molecule has 102 valence electrons. The lowest BCUT2D eigenvalue weighted by Crippen LogP contribution is -2.09. The van der Waals surface area contributed by atoms with Crippen molar-refractivity contribution in [3.8, 4) is 5.75 Å². The maximum Gasteiger partial charge on any atom is 0.267 e. The largest absolute Gasteiger partial charge is 0.495 e. The lowest BCUT2D eigenvalue weighted by atomic mass is 10.3. The number of thiazole rings is 1. The van der Waals surface area contributed by atoms with Crippen molar-refractivity contribution in [2.75, 3.05) is 12.4 Å². The molecule has 20 heavy (non-hydrogen) atoms. The SMILES string of the molecule is COc1cc2sc(NC(=O)c3cccs3)nc2cc1Cl. The molecule has 1 aromatic carbocycles. The standard InChI is InChI=1S/C13H9ClN2O2S2/c1-18-9-6-11-8(5-7(9)14)15-13(20-11)16-12(17)10-3-2-4-19-10/h2-6H,1H3,(H,15,16,17). The molecule has 0 aliphatic heterocycles. The van der Waals surface area contributed by atoms with E-state index in [0.29, 0.717) is 20.8 Å². The number of halogens is 1. The van der Waals surface area contributed by atoms with Gasteiger partial charge in [0.2, 0.25) is 0 Å². The van der Waals surface area contributed by atoms with Gasteiger partial charge in [-0.2, -0.15) is 0 Å². The summed E-state index contributed by atoms with van der Waals surface area (Å²) >= 11 is 8.83. The summed E-state index contributed by atoms with van der Waals surface area (Å²) in [5, 5.41) is 5.69. The molecule has 0 spiro atoms. The highest BCUT2D eigenvalue weighted by atomic mass is 35.5. The fraction of sp³-hybridized carbons (Fsp3) is 0.0769. The number of benzene rings is 1. The second kappa shape index (κ2) is 5.40. The van der Waals surface area contributed by atoms with Crippen molar-refractivity contribution < 1.29 is 9.53 Å². The third kappa shape index (κ3) is 2.49. The van der Waals surface area contributed by atoms with E-state index < -0.39 is 0 Å². The van der Waals surface area contributed by atoms with Crippen molar-refractivity contribution in [1.82, 2.24) is 4.98 Å². The minimum absolute atomic E-state index is 0.155. The fourth-order valence-electron chi connectivity index (χ4n) is 1.71. The molecule has 0 fully saturated rings. The number of amides is 1. The van der Waals surface area contributed by atoms with Crippen molar-refractivity contribution in [1.29, 1.82) is 0 Å². The summed E-state index contributed by atoms with van der Waals surface area (Å²) in [6.45, 7) is 0. The smallest absolute Gasteiger partial charge is 0.267 e. The van der Waals surface area contributed by atoms with Gasteiger partial charge in [0.1, 0.15) is 5.75 Å². The average molecular weight is 325 g/mol. The van der Waals surface area contributed by atoms with E-state index in [1.165, 1.54) is 22.7 Å². The van der Waals surface area contributed by atoms with Gasteiger partial charge in [0, 0.05) is 6.07 Å². The molecule has 0 aliphatic carbocycles. The molecule has 0 saturated carbocycles. The third-order valence-electron chi connectivity index (χ3n) is 2.63. The summed E-state index contributed by atoms with van der Waals surface area (Å²) in [6, 6.07) is 7.15. The Morgan fingerprint density at radius 1 is 1.45 bits per heavy atom. The number of thiophene rings is 1. The molecule has 0 bridgehead atoms. The maximum absolute atomic E-state index is 12.0. The van der Waals surface area contributed by atoms with E-state index in [1.807, 2.05) is 17.5 Å². The Labute approximate surface area is 128 Å². The molecule has 4 nitrogen and oxygen atoms in total. The Hall–Kier alpha value is -1.63. The molecule has 0 radical (unpaired) electrons. The number of fused-ring (bicyclic) bond motifs is 1. The molecule has 2 heterocycles. The lowest BCUT2D eigenvalue weighted by molar-refractivity contribution is 0.103. The number of carbonyl (C=O) groups is 1. The van der Waals surface area contributed by atoms with E-state index in [0.717, 1.165) is 10.2 Å². The van der Waals surface area contributed by atoms with Crippen LogP contribution < -0.4 is 10.1 Å². The van der Waals surface area contributed by atoms with Crippen LogP contribution in [0.3, 0.4) is 0 Å². The topological polar surface area (TPSA) is 51.2 Å². The second-order valence-electron chi connectivity index (χ2n) is 3.90. The normalized spacial score (nSPS) is 10.7. The summed E-state index contributed by atoms with van der Waals surface area (Å²) in [7, 11) is 1.56. The van der Waals surface area contributed by atoms with E-state index in [2.05, 4.69) is 10.3 Å². The van der Waals surface area contributed by atoms with Crippen LogP contribution in [0.4, 0.5) is 5.13 Å².